The summed E-state index contributed by atoms with van der Waals surface area (Å²) in [6, 6.07) is 0. The van der Waals surface area contributed by atoms with Crippen molar-refractivity contribution in [2.45, 2.75) is 46.6 Å². The molecule has 0 bridgehead atoms. The quantitative estimate of drug-likeness (QED) is 0.640. The summed E-state index contributed by atoms with van der Waals surface area (Å²) in [6.45, 7) is 15.9. The first kappa shape index (κ1) is 15.7. The molecule has 0 spiro atoms. The number of allylic oxidation sites excluding steroid dienone is 3. The van der Waals surface area contributed by atoms with Crippen molar-refractivity contribution >= 4 is 15.1 Å². The molecule has 1 heterocycles. The Hall–Kier alpha value is 0.722. The van der Waals surface area contributed by atoms with Gasteiger partial charge in [-0.1, -0.05) is 50.6 Å². The Balaban J connectivity index is 0.00000196. The second kappa shape index (κ2) is 5.87. The SMILES string of the molecule is C=C(C)C1=C(CC)B(CC)[N-][Si]1(C)C.[Na+]. The van der Waals surface area contributed by atoms with Gasteiger partial charge >= 0.3 is 29.6 Å². The Labute approximate surface area is 118 Å². The molecule has 0 aliphatic carbocycles. The molecule has 0 saturated heterocycles. The van der Waals surface area contributed by atoms with Gasteiger partial charge in [0.15, 0.2) is 0 Å². The van der Waals surface area contributed by atoms with Crippen molar-refractivity contribution in [1.29, 1.82) is 0 Å². The average Bonchev–Trinajstić information content (AvgIpc) is 2.35. The molecule has 15 heavy (non-hydrogen) atoms. The van der Waals surface area contributed by atoms with Gasteiger partial charge in [0.1, 0.15) is 0 Å². The van der Waals surface area contributed by atoms with E-state index in [9.17, 15) is 0 Å². The molecule has 1 nitrogen and oxygen atoms in total. The second-order valence-electron chi connectivity index (χ2n) is 4.65. The van der Waals surface area contributed by atoms with Crippen LogP contribution in [0.1, 0.15) is 27.2 Å². The predicted octanol–water partition coefficient (Wildman–Crippen LogP) is 0.955. The third-order valence-corrected chi connectivity index (χ3v) is 5.94. The van der Waals surface area contributed by atoms with Crippen LogP contribution >= 0.6 is 0 Å². The first-order chi connectivity index (χ1) is 6.44. The molecule has 0 aromatic heterocycles. The van der Waals surface area contributed by atoms with Crippen LogP contribution in [0.3, 0.4) is 0 Å². The molecule has 0 saturated carbocycles. The Bertz CT molecular complexity index is 286. The molecule has 1 aliphatic rings. The molecule has 0 aromatic carbocycles. The second-order valence-corrected chi connectivity index (χ2v) is 8.52. The number of hydrogen-bond donors (Lipinski definition) is 0. The third-order valence-electron chi connectivity index (χ3n) is 3.01. The van der Waals surface area contributed by atoms with Gasteiger partial charge in [-0.05, 0) is 21.6 Å². The van der Waals surface area contributed by atoms with E-state index in [1.54, 1.807) is 5.47 Å². The topological polar surface area (TPSA) is 14.1 Å². The first-order valence-electron chi connectivity index (χ1n) is 5.55. The van der Waals surface area contributed by atoms with Gasteiger partial charge < -0.3 is 4.89 Å². The average molecular weight is 229 g/mol. The van der Waals surface area contributed by atoms with Crippen LogP contribution in [0.2, 0.25) is 19.4 Å². The van der Waals surface area contributed by atoms with Gasteiger partial charge in [0, 0.05) is 6.85 Å². The smallest absolute Gasteiger partial charge is 0.681 e. The molecule has 0 atom stereocenters. The monoisotopic (exact) mass is 229 g/mol. The Morgan fingerprint density at radius 3 is 2.27 bits per heavy atom. The van der Waals surface area contributed by atoms with E-state index in [0.717, 1.165) is 12.7 Å². The molecule has 0 amide bonds. The van der Waals surface area contributed by atoms with Gasteiger partial charge in [-0.25, -0.2) is 0 Å². The molecule has 1 aliphatic heterocycles. The van der Waals surface area contributed by atoms with Crippen LogP contribution in [-0.2, 0) is 0 Å². The van der Waals surface area contributed by atoms with Crippen molar-refractivity contribution in [1.82, 2.24) is 0 Å². The Morgan fingerprint density at radius 1 is 1.40 bits per heavy atom. The van der Waals surface area contributed by atoms with E-state index in [1.165, 1.54) is 10.8 Å². The number of nitrogens with zero attached hydrogens (tertiary/aromatic N) is 1. The van der Waals surface area contributed by atoms with Gasteiger partial charge in [-0.2, -0.15) is 0 Å². The fraction of sp³-hybridized carbons (Fsp3) is 0.636. The maximum atomic E-state index is 5.00. The maximum Gasteiger partial charge on any atom is 1.00 e. The van der Waals surface area contributed by atoms with Crippen molar-refractivity contribution < 1.29 is 29.6 Å². The fourth-order valence-electron chi connectivity index (χ4n) is 2.64. The van der Waals surface area contributed by atoms with Gasteiger partial charge in [-0.3, -0.25) is 0 Å². The zero-order valence-corrected chi connectivity index (χ0v) is 14.1. The summed E-state index contributed by atoms with van der Waals surface area (Å²) in [5, 5.41) is 1.53. The van der Waals surface area contributed by atoms with Gasteiger partial charge in [0.2, 0.25) is 0 Å². The summed E-state index contributed by atoms with van der Waals surface area (Å²) in [5.41, 5.74) is 2.81. The van der Waals surface area contributed by atoms with Crippen molar-refractivity contribution in [3.63, 3.8) is 0 Å². The van der Waals surface area contributed by atoms with Crippen LogP contribution in [0.5, 0.6) is 0 Å². The molecule has 0 radical (unpaired) electrons. The van der Waals surface area contributed by atoms with Crippen molar-refractivity contribution in [2.75, 3.05) is 0 Å². The summed E-state index contributed by atoms with van der Waals surface area (Å²) in [5.74, 6) is 0. The molecule has 0 aromatic rings. The number of hydrogen-bond acceptors (Lipinski definition) is 0. The molecule has 0 unspecified atom stereocenters. The summed E-state index contributed by atoms with van der Waals surface area (Å²) in [7, 11) is -1.50. The van der Waals surface area contributed by atoms with Gasteiger partial charge in [-0.15, -0.1) is 5.47 Å². The van der Waals surface area contributed by atoms with Crippen molar-refractivity contribution in [2.24, 2.45) is 0 Å². The predicted molar refractivity (Wildman–Crippen MR) is 69.2 cm³/mol. The van der Waals surface area contributed by atoms with E-state index in [-0.39, 0.29) is 29.6 Å². The molecule has 1 rings (SSSR count). The van der Waals surface area contributed by atoms with E-state index in [0.29, 0.717) is 6.85 Å². The van der Waals surface area contributed by atoms with Crippen LogP contribution in [0.4, 0.5) is 0 Å². The normalized spacial score (nSPS) is 19.1. The third kappa shape index (κ3) is 3.10. The van der Waals surface area contributed by atoms with E-state index in [4.69, 9.17) is 4.89 Å². The van der Waals surface area contributed by atoms with E-state index >= 15 is 0 Å². The van der Waals surface area contributed by atoms with Crippen molar-refractivity contribution in [3.8, 4) is 0 Å². The minimum absolute atomic E-state index is 0. The van der Waals surface area contributed by atoms with Crippen LogP contribution in [0.25, 0.3) is 4.89 Å². The van der Waals surface area contributed by atoms with Crippen LogP contribution in [-0.4, -0.2) is 15.1 Å². The Kier molecular flexibility index (Phi) is 6.16. The Morgan fingerprint density at radius 2 is 1.93 bits per heavy atom. The van der Waals surface area contributed by atoms with E-state index in [2.05, 4.69) is 40.4 Å². The molecular formula is C11H21BNNaSi. The molecule has 4 heteroatoms. The summed E-state index contributed by atoms with van der Waals surface area (Å²) in [6.07, 6.45) is 2.29. The van der Waals surface area contributed by atoms with Crippen LogP contribution in [0, 0.1) is 0 Å². The largest absolute Gasteiger partial charge is 1.00 e. The minimum Gasteiger partial charge on any atom is -0.681 e. The molecular weight excluding hydrogens is 208 g/mol. The fourth-order valence-corrected chi connectivity index (χ4v) is 6.06. The van der Waals surface area contributed by atoms with Gasteiger partial charge in [0.05, 0.1) is 0 Å². The first-order valence-corrected chi connectivity index (χ1v) is 8.50. The maximum absolute atomic E-state index is 5.00. The zero-order valence-electron chi connectivity index (χ0n) is 11.1. The summed E-state index contributed by atoms with van der Waals surface area (Å²) < 4.78 is 0. The summed E-state index contributed by atoms with van der Waals surface area (Å²) in [4.78, 5) is 5.00. The molecule has 0 fully saturated rings. The standard InChI is InChI=1S/C11H21BNSi.Na/c1-7-10-11(9(3)4)14(5,6)13-12(10)8-2;/h3,7-8H2,1-2,4-6H3;/q-1;+1. The number of rotatable bonds is 3. The molecule has 0 N–H and O–H groups in total. The zero-order chi connectivity index (χ0) is 10.9. The van der Waals surface area contributed by atoms with Crippen molar-refractivity contribution in [3.05, 3.63) is 27.7 Å². The van der Waals surface area contributed by atoms with E-state index in [1.807, 2.05) is 0 Å². The molecule has 78 valence electrons. The van der Waals surface area contributed by atoms with Crippen LogP contribution in [0.15, 0.2) is 22.8 Å². The van der Waals surface area contributed by atoms with E-state index < -0.39 is 8.24 Å². The summed E-state index contributed by atoms with van der Waals surface area (Å²) >= 11 is 0. The van der Waals surface area contributed by atoms with Crippen LogP contribution < -0.4 is 29.6 Å². The van der Waals surface area contributed by atoms with Gasteiger partial charge in [0.25, 0.3) is 0 Å². The minimum atomic E-state index is -1.50.